The van der Waals surface area contributed by atoms with Gasteiger partial charge in [0.2, 0.25) is 5.91 Å². The predicted octanol–water partition coefficient (Wildman–Crippen LogP) is 4.91. The lowest BCUT2D eigenvalue weighted by Gasteiger charge is -2.08. The minimum absolute atomic E-state index is 0.0303. The van der Waals surface area contributed by atoms with E-state index < -0.39 is 0 Å². The van der Waals surface area contributed by atoms with Gasteiger partial charge >= 0.3 is 0 Å². The Labute approximate surface area is 153 Å². The average molecular weight is 365 g/mol. The Bertz CT molecular complexity index is 1050. The lowest BCUT2D eigenvalue weighted by Crippen LogP contribution is -2.14. The first-order chi connectivity index (χ1) is 12.2. The van der Waals surface area contributed by atoms with E-state index in [-0.39, 0.29) is 5.91 Å². The number of anilines is 1. The molecule has 4 aromatic rings. The van der Waals surface area contributed by atoms with Crippen LogP contribution in [0.3, 0.4) is 0 Å². The Balaban J connectivity index is 1.56. The van der Waals surface area contributed by atoms with Crippen molar-refractivity contribution in [1.29, 1.82) is 0 Å². The van der Waals surface area contributed by atoms with Gasteiger partial charge in [0.1, 0.15) is 5.01 Å². The molecule has 0 atom stereocenters. The molecule has 4 rings (SSSR count). The average Bonchev–Trinajstić information content (AvgIpc) is 3.24. The Morgan fingerprint density at radius 3 is 2.96 bits per heavy atom. The van der Waals surface area contributed by atoms with Crippen LogP contribution in [0.2, 0.25) is 0 Å². The van der Waals surface area contributed by atoms with Crippen LogP contribution in [0.4, 0.5) is 5.69 Å². The van der Waals surface area contributed by atoms with Gasteiger partial charge in [0.25, 0.3) is 0 Å². The van der Waals surface area contributed by atoms with Crippen molar-refractivity contribution in [3.8, 4) is 9.88 Å². The number of carbonyl (C=O) groups is 1. The van der Waals surface area contributed by atoms with Gasteiger partial charge in [-0.2, -0.15) is 0 Å². The third-order valence-electron chi connectivity index (χ3n) is 3.87. The number of nitrogens with one attached hydrogen (secondary N) is 1. The van der Waals surface area contributed by atoms with Gasteiger partial charge in [-0.15, -0.1) is 22.7 Å². The molecule has 3 aromatic heterocycles. The number of amides is 1. The molecule has 3 heterocycles. The SMILES string of the molecule is Cc1csc(-c2sccc2NC(=O)Cc2cccc3cnccc23)n1. The molecular weight excluding hydrogens is 350 g/mol. The number of carbonyl (C=O) groups excluding carboxylic acids is 1. The number of thiophene rings is 1. The number of hydrogen-bond donors (Lipinski definition) is 1. The molecule has 25 heavy (non-hydrogen) atoms. The normalized spacial score (nSPS) is 10.9. The summed E-state index contributed by atoms with van der Waals surface area (Å²) in [5, 5.41) is 10.1. The number of aryl methyl sites for hydroxylation is 1. The van der Waals surface area contributed by atoms with Crippen LogP contribution in [0.25, 0.3) is 20.7 Å². The maximum absolute atomic E-state index is 12.6. The highest BCUT2D eigenvalue weighted by molar-refractivity contribution is 7.20. The molecule has 124 valence electrons. The fourth-order valence-corrected chi connectivity index (χ4v) is 4.51. The summed E-state index contributed by atoms with van der Waals surface area (Å²) in [6.45, 7) is 1.97. The Morgan fingerprint density at radius 1 is 1.20 bits per heavy atom. The summed E-state index contributed by atoms with van der Waals surface area (Å²) < 4.78 is 0. The minimum Gasteiger partial charge on any atom is -0.324 e. The van der Waals surface area contributed by atoms with Gasteiger partial charge in [-0.05, 0) is 35.4 Å². The lowest BCUT2D eigenvalue weighted by atomic mass is 10.0. The summed E-state index contributed by atoms with van der Waals surface area (Å²) in [5.74, 6) is -0.0303. The highest BCUT2D eigenvalue weighted by atomic mass is 32.1. The highest BCUT2D eigenvalue weighted by Gasteiger charge is 2.14. The van der Waals surface area contributed by atoms with Crippen molar-refractivity contribution in [2.75, 3.05) is 5.32 Å². The van der Waals surface area contributed by atoms with Crippen LogP contribution in [-0.4, -0.2) is 15.9 Å². The standard InChI is InChI=1S/C19H15N3OS2/c1-12-11-25-19(21-12)18-16(6-8-24-18)22-17(23)9-13-3-2-4-14-10-20-7-5-15(13)14/h2-8,10-11H,9H2,1H3,(H,22,23). The molecule has 0 aliphatic carbocycles. The zero-order valence-corrected chi connectivity index (χ0v) is 15.2. The highest BCUT2D eigenvalue weighted by Crippen LogP contribution is 2.35. The largest absolute Gasteiger partial charge is 0.324 e. The van der Waals surface area contributed by atoms with Crippen molar-refractivity contribution < 1.29 is 4.79 Å². The Morgan fingerprint density at radius 2 is 2.12 bits per heavy atom. The molecule has 1 N–H and O–H groups in total. The number of pyridine rings is 1. The molecule has 6 heteroatoms. The first-order valence-electron chi connectivity index (χ1n) is 7.82. The van der Waals surface area contributed by atoms with Gasteiger partial charge in [-0.25, -0.2) is 4.98 Å². The maximum Gasteiger partial charge on any atom is 0.228 e. The van der Waals surface area contributed by atoms with Gasteiger partial charge in [0.15, 0.2) is 0 Å². The molecule has 0 aliphatic heterocycles. The molecule has 0 aliphatic rings. The number of nitrogens with zero attached hydrogens (tertiary/aromatic N) is 2. The number of hydrogen-bond acceptors (Lipinski definition) is 5. The van der Waals surface area contributed by atoms with Gasteiger partial charge in [0.05, 0.1) is 17.0 Å². The van der Waals surface area contributed by atoms with E-state index in [4.69, 9.17) is 0 Å². The van der Waals surface area contributed by atoms with E-state index in [2.05, 4.69) is 15.3 Å². The third kappa shape index (κ3) is 3.31. The second-order valence-corrected chi connectivity index (χ2v) is 7.47. The smallest absolute Gasteiger partial charge is 0.228 e. The quantitative estimate of drug-likeness (QED) is 0.559. The summed E-state index contributed by atoms with van der Waals surface area (Å²) >= 11 is 3.19. The number of aromatic nitrogens is 2. The van der Waals surface area contributed by atoms with Crippen molar-refractivity contribution in [2.45, 2.75) is 13.3 Å². The summed E-state index contributed by atoms with van der Waals surface area (Å²) in [6, 6.07) is 9.83. The maximum atomic E-state index is 12.6. The van der Waals surface area contributed by atoms with Crippen LogP contribution in [0.5, 0.6) is 0 Å². The molecule has 0 saturated carbocycles. The number of thiazole rings is 1. The molecule has 0 unspecified atom stereocenters. The van der Waals surface area contributed by atoms with Gasteiger partial charge < -0.3 is 5.32 Å². The van der Waals surface area contributed by atoms with Crippen molar-refractivity contribution in [1.82, 2.24) is 9.97 Å². The summed E-state index contributed by atoms with van der Waals surface area (Å²) in [6.07, 6.45) is 3.90. The molecular formula is C19H15N3OS2. The van der Waals surface area contributed by atoms with Crippen LogP contribution >= 0.6 is 22.7 Å². The van der Waals surface area contributed by atoms with E-state index in [1.165, 1.54) is 0 Å². The van der Waals surface area contributed by atoms with E-state index >= 15 is 0 Å². The molecule has 0 saturated heterocycles. The van der Waals surface area contributed by atoms with E-state index in [1.54, 1.807) is 28.9 Å². The van der Waals surface area contributed by atoms with Crippen LogP contribution in [0.1, 0.15) is 11.3 Å². The molecule has 0 spiro atoms. The molecule has 0 fully saturated rings. The molecule has 0 bridgehead atoms. The lowest BCUT2D eigenvalue weighted by molar-refractivity contribution is -0.115. The minimum atomic E-state index is -0.0303. The van der Waals surface area contributed by atoms with Crippen molar-refractivity contribution in [3.05, 3.63) is 64.7 Å². The van der Waals surface area contributed by atoms with Gasteiger partial charge in [0, 0.05) is 28.9 Å². The number of benzene rings is 1. The number of fused-ring (bicyclic) bond motifs is 1. The summed E-state index contributed by atoms with van der Waals surface area (Å²) in [4.78, 5) is 22.2. The number of rotatable bonds is 4. The zero-order chi connectivity index (χ0) is 17.2. The Kier molecular flexibility index (Phi) is 4.29. The summed E-state index contributed by atoms with van der Waals surface area (Å²) in [5.41, 5.74) is 2.82. The summed E-state index contributed by atoms with van der Waals surface area (Å²) in [7, 11) is 0. The van der Waals surface area contributed by atoms with Gasteiger partial charge in [-0.1, -0.05) is 18.2 Å². The van der Waals surface area contributed by atoms with Crippen LogP contribution in [0, 0.1) is 6.92 Å². The first kappa shape index (κ1) is 15.9. The molecule has 0 radical (unpaired) electrons. The van der Waals surface area contributed by atoms with Crippen LogP contribution < -0.4 is 5.32 Å². The Hall–Kier alpha value is -2.57. The van der Waals surface area contributed by atoms with Crippen molar-refractivity contribution >= 4 is 45.0 Å². The fraction of sp³-hybridized carbons (Fsp3) is 0.105. The topological polar surface area (TPSA) is 54.9 Å². The van der Waals surface area contributed by atoms with E-state index in [0.29, 0.717) is 6.42 Å². The van der Waals surface area contributed by atoms with Crippen LogP contribution in [0.15, 0.2) is 53.5 Å². The fourth-order valence-electron chi connectivity index (χ4n) is 2.74. The predicted molar refractivity (Wildman–Crippen MR) is 104 cm³/mol. The third-order valence-corrected chi connectivity index (χ3v) is 5.90. The van der Waals surface area contributed by atoms with E-state index in [1.807, 2.05) is 54.2 Å². The molecule has 1 amide bonds. The second-order valence-electron chi connectivity index (χ2n) is 5.70. The van der Waals surface area contributed by atoms with Crippen molar-refractivity contribution in [2.24, 2.45) is 0 Å². The molecule has 1 aromatic carbocycles. The van der Waals surface area contributed by atoms with Crippen LogP contribution in [-0.2, 0) is 11.2 Å². The molecule has 4 nitrogen and oxygen atoms in total. The monoisotopic (exact) mass is 365 g/mol. The van der Waals surface area contributed by atoms with Crippen molar-refractivity contribution in [3.63, 3.8) is 0 Å². The van der Waals surface area contributed by atoms with E-state index in [0.717, 1.165) is 37.6 Å². The zero-order valence-electron chi connectivity index (χ0n) is 13.5. The first-order valence-corrected chi connectivity index (χ1v) is 9.58. The van der Waals surface area contributed by atoms with E-state index in [9.17, 15) is 4.79 Å². The second kappa shape index (κ2) is 6.74. The van der Waals surface area contributed by atoms with Gasteiger partial charge in [-0.3, -0.25) is 9.78 Å².